The van der Waals surface area contributed by atoms with Crippen LogP contribution in [0.5, 0.6) is 0 Å². The first-order chi connectivity index (χ1) is 8.11. The number of hydrogen-bond acceptors (Lipinski definition) is 5. The Labute approximate surface area is 114 Å². The van der Waals surface area contributed by atoms with Crippen LogP contribution in [0.1, 0.15) is 26.7 Å². The molecule has 18 heavy (non-hydrogen) atoms. The number of carbonyl (C=O) groups is 2. The lowest BCUT2D eigenvalue weighted by atomic mass is 10.4. The lowest BCUT2D eigenvalue weighted by Gasteiger charge is -2.16. The van der Waals surface area contributed by atoms with Crippen molar-refractivity contribution in [2.75, 3.05) is 33.4 Å². The van der Waals surface area contributed by atoms with Crippen molar-refractivity contribution in [3.8, 4) is 0 Å². The van der Waals surface area contributed by atoms with E-state index in [9.17, 15) is 9.59 Å². The average molecular weight is 284 g/mol. The van der Waals surface area contributed by atoms with Gasteiger partial charge in [0.1, 0.15) is 6.61 Å². The van der Waals surface area contributed by atoms with Crippen LogP contribution >= 0.6 is 12.4 Å². The summed E-state index contributed by atoms with van der Waals surface area (Å²) < 4.78 is 14.3. The Hall–Kier alpha value is -1.17. The largest absolute Gasteiger partial charge is 0.508 e. The molecule has 0 fully saturated rings. The van der Waals surface area contributed by atoms with Gasteiger partial charge in [-0.2, -0.15) is 0 Å². The third-order valence-electron chi connectivity index (χ3n) is 1.94. The van der Waals surface area contributed by atoms with Crippen molar-refractivity contribution in [2.45, 2.75) is 26.7 Å². The summed E-state index contributed by atoms with van der Waals surface area (Å²) in [6.07, 6.45) is 0.688. The van der Waals surface area contributed by atoms with Crippen LogP contribution in [-0.4, -0.2) is 50.6 Å². The van der Waals surface area contributed by atoms with E-state index in [0.717, 1.165) is 12.8 Å². The fraction of sp³-hybridized carbons (Fsp3) is 0.818. The first-order valence-corrected chi connectivity index (χ1v) is 5.79. The predicted molar refractivity (Wildman–Crippen MR) is 69.1 cm³/mol. The van der Waals surface area contributed by atoms with Gasteiger partial charge in [0, 0.05) is 7.05 Å². The molecule has 0 aromatic carbocycles. The molecule has 0 radical (unpaired) electrons. The van der Waals surface area contributed by atoms with Crippen LogP contribution in [0.15, 0.2) is 0 Å². The number of halogens is 1. The molecule has 0 aliphatic carbocycles. The van der Waals surface area contributed by atoms with Crippen LogP contribution in [0.25, 0.3) is 0 Å². The maximum absolute atomic E-state index is 11.4. The second-order valence-electron chi connectivity index (χ2n) is 3.42. The molecule has 0 saturated carbocycles. The SMILES string of the molecule is CCCCOC(=O)N(C)CCOC(=O)OCC.Cl. The summed E-state index contributed by atoms with van der Waals surface area (Å²) in [6.45, 7) is 4.78. The summed E-state index contributed by atoms with van der Waals surface area (Å²) >= 11 is 0. The van der Waals surface area contributed by atoms with Crippen LogP contribution in [0.2, 0.25) is 0 Å². The summed E-state index contributed by atoms with van der Waals surface area (Å²) in [5.74, 6) is 0. The topological polar surface area (TPSA) is 65.1 Å². The van der Waals surface area contributed by atoms with E-state index in [-0.39, 0.29) is 32.2 Å². The number of hydrogen-bond donors (Lipinski definition) is 0. The number of nitrogens with zero attached hydrogens (tertiary/aromatic N) is 1. The van der Waals surface area contributed by atoms with E-state index in [4.69, 9.17) is 9.47 Å². The van der Waals surface area contributed by atoms with Gasteiger partial charge in [-0.05, 0) is 13.3 Å². The second-order valence-corrected chi connectivity index (χ2v) is 3.42. The number of unbranched alkanes of at least 4 members (excludes halogenated alkanes) is 1. The Morgan fingerprint density at radius 3 is 2.28 bits per heavy atom. The molecule has 0 aromatic rings. The molecule has 0 rings (SSSR count). The summed E-state index contributed by atoms with van der Waals surface area (Å²) in [6, 6.07) is 0. The van der Waals surface area contributed by atoms with Gasteiger partial charge in [-0.1, -0.05) is 13.3 Å². The lowest BCUT2D eigenvalue weighted by Crippen LogP contribution is -2.31. The molecule has 0 aliphatic heterocycles. The maximum atomic E-state index is 11.4. The van der Waals surface area contributed by atoms with E-state index in [0.29, 0.717) is 6.61 Å². The van der Waals surface area contributed by atoms with Gasteiger partial charge in [-0.3, -0.25) is 0 Å². The molecule has 6 nitrogen and oxygen atoms in total. The molecule has 0 atom stereocenters. The Balaban J connectivity index is 0. The Kier molecular flexibility index (Phi) is 13.1. The highest BCUT2D eigenvalue weighted by Gasteiger charge is 2.10. The first kappa shape index (κ1) is 19.2. The third kappa shape index (κ3) is 10.0. The molecule has 0 unspecified atom stereocenters. The molecule has 0 spiro atoms. The number of ether oxygens (including phenoxy) is 3. The fourth-order valence-corrected chi connectivity index (χ4v) is 0.931. The van der Waals surface area contributed by atoms with Gasteiger partial charge in [0.15, 0.2) is 0 Å². The molecule has 0 aliphatic rings. The van der Waals surface area contributed by atoms with E-state index in [2.05, 4.69) is 4.74 Å². The van der Waals surface area contributed by atoms with Gasteiger partial charge in [0.05, 0.1) is 19.8 Å². The van der Waals surface area contributed by atoms with Gasteiger partial charge >= 0.3 is 12.2 Å². The number of likely N-dealkylation sites (N-methyl/N-ethyl adjacent to an activating group) is 1. The highest BCUT2D eigenvalue weighted by Crippen LogP contribution is 1.95. The first-order valence-electron chi connectivity index (χ1n) is 5.79. The van der Waals surface area contributed by atoms with Crippen molar-refractivity contribution < 1.29 is 23.8 Å². The predicted octanol–water partition coefficient (Wildman–Crippen LogP) is 2.45. The molecule has 108 valence electrons. The van der Waals surface area contributed by atoms with Gasteiger partial charge in [0.25, 0.3) is 0 Å². The zero-order valence-electron chi connectivity index (χ0n) is 11.1. The van der Waals surface area contributed by atoms with Crippen molar-refractivity contribution in [3.05, 3.63) is 0 Å². The quantitative estimate of drug-likeness (QED) is 0.530. The fourth-order valence-electron chi connectivity index (χ4n) is 0.931. The Morgan fingerprint density at radius 2 is 1.72 bits per heavy atom. The minimum Gasteiger partial charge on any atom is -0.449 e. The molecule has 0 aromatic heterocycles. The Bertz CT molecular complexity index is 237. The van der Waals surface area contributed by atoms with Crippen molar-refractivity contribution in [3.63, 3.8) is 0 Å². The van der Waals surface area contributed by atoms with Gasteiger partial charge in [-0.25, -0.2) is 9.59 Å². The molecular formula is C11H22ClNO5. The molecular weight excluding hydrogens is 262 g/mol. The van der Waals surface area contributed by atoms with Crippen LogP contribution in [-0.2, 0) is 14.2 Å². The highest BCUT2D eigenvalue weighted by atomic mass is 35.5. The number of rotatable bonds is 7. The lowest BCUT2D eigenvalue weighted by molar-refractivity contribution is 0.0498. The summed E-state index contributed by atoms with van der Waals surface area (Å²) in [4.78, 5) is 23.5. The standard InChI is InChI=1S/C11H21NO5.ClH/c1-4-6-8-16-10(13)12(3)7-9-17-11(14)15-5-2;/h4-9H2,1-3H3;1H. The van der Waals surface area contributed by atoms with Gasteiger partial charge in [-0.15, -0.1) is 12.4 Å². The zero-order chi connectivity index (χ0) is 13.1. The normalized spacial score (nSPS) is 9.06. The maximum Gasteiger partial charge on any atom is 0.508 e. The Morgan fingerprint density at radius 1 is 1.06 bits per heavy atom. The van der Waals surface area contributed by atoms with E-state index in [1.165, 1.54) is 4.90 Å². The van der Waals surface area contributed by atoms with Crippen LogP contribution < -0.4 is 0 Å². The van der Waals surface area contributed by atoms with Crippen LogP contribution in [0.4, 0.5) is 9.59 Å². The third-order valence-corrected chi connectivity index (χ3v) is 1.94. The average Bonchev–Trinajstić information content (AvgIpc) is 2.29. The summed E-state index contributed by atoms with van der Waals surface area (Å²) in [5.41, 5.74) is 0. The van der Waals surface area contributed by atoms with E-state index in [1.807, 2.05) is 6.92 Å². The number of amides is 1. The van der Waals surface area contributed by atoms with E-state index < -0.39 is 12.2 Å². The molecule has 0 bridgehead atoms. The van der Waals surface area contributed by atoms with Crippen molar-refractivity contribution in [2.24, 2.45) is 0 Å². The molecule has 0 saturated heterocycles. The monoisotopic (exact) mass is 283 g/mol. The molecule has 0 heterocycles. The molecule has 0 N–H and O–H groups in total. The smallest absolute Gasteiger partial charge is 0.449 e. The molecule has 7 heteroatoms. The zero-order valence-corrected chi connectivity index (χ0v) is 12.0. The van der Waals surface area contributed by atoms with Crippen molar-refractivity contribution in [1.82, 2.24) is 4.90 Å². The minimum atomic E-state index is -0.722. The van der Waals surface area contributed by atoms with Gasteiger partial charge in [0.2, 0.25) is 0 Å². The van der Waals surface area contributed by atoms with Crippen molar-refractivity contribution >= 4 is 24.7 Å². The summed E-state index contributed by atoms with van der Waals surface area (Å²) in [7, 11) is 1.59. The van der Waals surface area contributed by atoms with Crippen LogP contribution in [0.3, 0.4) is 0 Å². The highest BCUT2D eigenvalue weighted by molar-refractivity contribution is 5.85. The minimum absolute atomic E-state index is 0. The van der Waals surface area contributed by atoms with E-state index in [1.54, 1.807) is 14.0 Å². The van der Waals surface area contributed by atoms with Crippen molar-refractivity contribution in [1.29, 1.82) is 0 Å². The van der Waals surface area contributed by atoms with E-state index >= 15 is 0 Å². The second kappa shape index (κ2) is 12.3. The molecule has 1 amide bonds. The van der Waals surface area contributed by atoms with Gasteiger partial charge < -0.3 is 19.1 Å². The van der Waals surface area contributed by atoms with Crippen LogP contribution in [0, 0.1) is 0 Å². The summed E-state index contributed by atoms with van der Waals surface area (Å²) in [5, 5.41) is 0. The number of carbonyl (C=O) groups excluding carboxylic acids is 2.